The maximum Gasteiger partial charge on any atom is 0.343 e. The van der Waals surface area contributed by atoms with Crippen LogP contribution in [0, 0.1) is 0 Å². The maximum atomic E-state index is 12.7. The van der Waals surface area contributed by atoms with Gasteiger partial charge in [0.05, 0.1) is 5.56 Å². The molecule has 0 radical (unpaired) electrons. The predicted molar refractivity (Wildman–Crippen MR) is 150 cm³/mol. The van der Waals surface area contributed by atoms with Crippen LogP contribution < -0.4 is 14.2 Å². The van der Waals surface area contributed by atoms with Crippen LogP contribution in [-0.2, 0) is 9.59 Å². The lowest BCUT2D eigenvalue weighted by atomic mass is 10.0. The molecular formula is C33H26O6. The summed E-state index contributed by atoms with van der Waals surface area (Å²) in [6.45, 7) is 10.3. The normalized spacial score (nSPS) is 10.3. The topological polar surface area (TPSA) is 78.9 Å². The zero-order chi connectivity index (χ0) is 27.9. The summed E-state index contributed by atoms with van der Waals surface area (Å²) in [5.74, 6) is -0.137. The van der Waals surface area contributed by atoms with Crippen molar-refractivity contribution >= 4 is 17.9 Å². The monoisotopic (exact) mass is 518 g/mol. The van der Waals surface area contributed by atoms with Crippen molar-refractivity contribution in [2.75, 3.05) is 0 Å². The van der Waals surface area contributed by atoms with E-state index < -0.39 is 17.9 Å². The summed E-state index contributed by atoms with van der Waals surface area (Å²) in [5.41, 5.74) is 4.70. The van der Waals surface area contributed by atoms with E-state index in [0.717, 1.165) is 22.3 Å². The molecule has 0 unspecified atom stereocenters. The molecule has 0 saturated heterocycles. The Kier molecular flexibility index (Phi) is 8.17. The van der Waals surface area contributed by atoms with Gasteiger partial charge in [0.2, 0.25) is 0 Å². The highest BCUT2D eigenvalue weighted by Gasteiger charge is 2.11. The Hall–Kier alpha value is -5.23. The molecule has 0 aliphatic carbocycles. The third kappa shape index (κ3) is 6.96. The van der Waals surface area contributed by atoms with E-state index in [0.29, 0.717) is 34.0 Å². The van der Waals surface area contributed by atoms with Crippen molar-refractivity contribution < 1.29 is 28.6 Å². The van der Waals surface area contributed by atoms with Crippen molar-refractivity contribution in [3.63, 3.8) is 0 Å². The first kappa shape index (κ1) is 26.8. The zero-order valence-electron chi connectivity index (χ0n) is 21.6. The average Bonchev–Trinajstić information content (AvgIpc) is 2.94. The molecule has 0 amide bonds. The van der Waals surface area contributed by atoms with Crippen molar-refractivity contribution in [1.82, 2.24) is 0 Å². The third-order valence-electron chi connectivity index (χ3n) is 5.68. The second-order valence-corrected chi connectivity index (χ2v) is 8.88. The molecule has 0 aliphatic rings. The Morgan fingerprint density at radius 3 is 1.05 bits per heavy atom. The Morgan fingerprint density at radius 1 is 0.462 bits per heavy atom. The van der Waals surface area contributed by atoms with Gasteiger partial charge in [0, 0.05) is 11.1 Å². The van der Waals surface area contributed by atoms with Crippen LogP contribution in [0.25, 0.3) is 22.3 Å². The minimum Gasteiger partial charge on any atom is -0.423 e. The molecule has 0 fully saturated rings. The van der Waals surface area contributed by atoms with Crippen molar-refractivity contribution in [3.05, 3.63) is 127 Å². The van der Waals surface area contributed by atoms with E-state index in [-0.39, 0.29) is 0 Å². The van der Waals surface area contributed by atoms with Crippen LogP contribution in [0.4, 0.5) is 0 Å². The minimum absolute atomic E-state index is 0.326. The Bertz CT molecular complexity index is 1530. The highest BCUT2D eigenvalue weighted by atomic mass is 16.5. The van der Waals surface area contributed by atoms with Crippen molar-refractivity contribution in [2.45, 2.75) is 13.8 Å². The molecule has 6 heteroatoms. The fourth-order valence-electron chi connectivity index (χ4n) is 3.50. The molecule has 4 rings (SSSR count). The molecule has 39 heavy (non-hydrogen) atoms. The smallest absolute Gasteiger partial charge is 0.343 e. The third-order valence-corrected chi connectivity index (χ3v) is 5.68. The summed E-state index contributed by atoms with van der Waals surface area (Å²) in [5, 5.41) is 0. The van der Waals surface area contributed by atoms with Gasteiger partial charge in [-0.05, 0) is 84.6 Å². The van der Waals surface area contributed by atoms with E-state index in [9.17, 15) is 14.4 Å². The minimum atomic E-state index is -0.474. The van der Waals surface area contributed by atoms with E-state index in [1.165, 1.54) is 0 Å². The van der Waals surface area contributed by atoms with Crippen LogP contribution in [-0.4, -0.2) is 17.9 Å². The van der Waals surface area contributed by atoms with E-state index in [1.807, 2.05) is 48.5 Å². The second kappa shape index (κ2) is 11.9. The predicted octanol–water partition coefficient (Wildman–Crippen LogP) is 7.20. The van der Waals surface area contributed by atoms with Crippen molar-refractivity contribution in [3.8, 4) is 39.5 Å². The molecule has 194 valence electrons. The molecule has 0 heterocycles. The van der Waals surface area contributed by atoms with E-state index in [1.54, 1.807) is 62.4 Å². The Morgan fingerprint density at radius 2 is 0.744 bits per heavy atom. The van der Waals surface area contributed by atoms with Gasteiger partial charge in [-0.25, -0.2) is 14.4 Å². The van der Waals surface area contributed by atoms with Gasteiger partial charge in [-0.3, -0.25) is 0 Å². The van der Waals surface area contributed by atoms with Gasteiger partial charge in [0.15, 0.2) is 0 Å². The molecule has 0 saturated carbocycles. The molecule has 0 bridgehead atoms. The summed E-state index contributed by atoms with van der Waals surface area (Å²) < 4.78 is 16.0. The van der Waals surface area contributed by atoms with Crippen LogP contribution in [0.15, 0.2) is 121 Å². The number of benzene rings is 4. The van der Waals surface area contributed by atoms with Gasteiger partial charge in [0.25, 0.3) is 0 Å². The zero-order valence-corrected chi connectivity index (χ0v) is 21.6. The molecule has 6 nitrogen and oxygen atoms in total. The summed E-state index contributed by atoms with van der Waals surface area (Å²) >= 11 is 0. The number of ether oxygens (including phenoxy) is 3. The van der Waals surface area contributed by atoms with Gasteiger partial charge >= 0.3 is 17.9 Å². The molecule has 4 aromatic carbocycles. The molecule has 0 aliphatic heterocycles. The summed E-state index contributed by atoms with van der Waals surface area (Å²) in [6.07, 6.45) is 0. The number of carbonyl (C=O) groups is 3. The van der Waals surface area contributed by atoms with Gasteiger partial charge in [-0.15, -0.1) is 0 Å². The first-order chi connectivity index (χ1) is 18.7. The van der Waals surface area contributed by atoms with Gasteiger partial charge < -0.3 is 14.2 Å². The van der Waals surface area contributed by atoms with Crippen LogP contribution in [0.2, 0.25) is 0 Å². The lowest BCUT2D eigenvalue weighted by Gasteiger charge is -2.08. The number of hydrogen-bond donors (Lipinski definition) is 0. The number of carbonyl (C=O) groups excluding carboxylic acids is 3. The molecule has 0 atom stereocenters. The molecule has 0 spiro atoms. The summed E-state index contributed by atoms with van der Waals surface area (Å²) in [7, 11) is 0. The van der Waals surface area contributed by atoms with Crippen molar-refractivity contribution in [1.29, 1.82) is 0 Å². The van der Waals surface area contributed by atoms with Crippen LogP contribution in [0.1, 0.15) is 24.2 Å². The maximum absolute atomic E-state index is 12.7. The van der Waals surface area contributed by atoms with Gasteiger partial charge in [-0.1, -0.05) is 61.7 Å². The van der Waals surface area contributed by atoms with Crippen LogP contribution in [0.5, 0.6) is 17.2 Å². The van der Waals surface area contributed by atoms with E-state index in [4.69, 9.17) is 14.2 Å². The summed E-state index contributed by atoms with van der Waals surface area (Å²) in [4.78, 5) is 36.0. The SMILES string of the molecule is C=C(C)C(=O)Oc1ccc(-c2ccc(OC(=O)c3ccc(-c4ccc(OC(=O)C(=C)C)cc4)cc3)cc2)cc1. The lowest BCUT2D eigenvalue weighted by molar-refractivity contribution is -0.130. The number of esters is 3. The molecular weight excluding hydrogens is 492 g/mol. The van der Waals surface area contributed by atoms with E-state index >= 15 is 0 Å². The standard InChI is InChI=1S/C33H26O6/c1-21(2)31(34)37-28-15-9-24(10-16-28)23-5-7-27(8-6-23)33(36)39-30-19-13-26(14-20-30)25-11-17-29(18-12-25)38-32(35)22(3)4/h5-20H,1,3H2,2,4H3. The number of rotatable bonds is 8. The average molecular weight is 519 g/mol. The fourth-order valence-corrected chi connectivity index (χ4v) is 3.50. The second-order valence-electron chi connectivity index (χ2n) is 8.88. The fraction of sp³-hybridized carbons (Fsp3) is 0.0606. The van der Waals surface area contributed by atoms with Crippen molar-refractivity contribution in [2.24, 2.45) is 0 Å². The first-order valence-corrected chi connectivity index (χ1v) is 12.1. The molecule has 4 aromatic rings. The highest BCUT2D eigenvalue weighted by molar-refractivity contribution is 5.92. The van der Waals surface area contributed by atoms with Crippen LogP contribution >= 0.6 is 0 Å². The largest absolute Gasteiger partial charge is 0.423 e. The number of hydrogen-bond acceptors (Lipinski definition) is 6. The van der Waals surface area contributed by atoms with Gasteiger partial charge in [0.1, 0.15) is 17.2 Å². The first-order valence-electron chi connectivity index (χ1n) is 12.1. The molecule has 0 N–H and O–H groups in total. The highest BCUT2D eigenvalue weighted by Crippen LogP contribution is 2.26. The molecule has 0 aromatic heterocycles. The quantitative estimate of drug-likeness (QED) is 0.139. The van der Waals surface area contributed by atoms with Crippen LogP contribution in [0.3, 0.4) is 0 Å². The van der Waals surface area contributed by atoms with Gasteiger partial charge in [-0.2, -0.15) is 0 Å². The summed E-state index contributed by atoms with van der Waals surface area (Å²) in [6, 6.07) is 28.3. The Labute approximate surface area is 226 Å². The Balaban J connectivity index is 1.36. The van der Waals surface area contributed by atoms with E-state index in [2.05, 4.69) is 13.2 Å². The lowest BCUT2D eigenvalue weighted by Crippen LogP contribution is -2.08.